The van der Waals surface area contributed by atoms with Crippen molar-refractivity contribution in [1.82, 2.24) is 15.4 Å². The number of hydrogen-bond donors (Lipinski definition) is 1. The molecule has 4 heteroatoms. The van der Waals surface area contributed by atoms with Crippen molar-refractivity contribution in [2.45, 2.75) is 46.2 Å². The number of piperidine rings is 1. The molecule has 1 aromatic heterocycles. The Morgan fingerprint density at radius 1 is 1.44 bits per heavy atom. The highest BCUT2D eigenvalue weighted by atomic mass is 16.5. The van der Waals surface area contributed by atoms with Crippen LogP contribution in [0.2, 0.25) is 0 Å². The number of aryl methyl sites for hydroxylation is 1. The van der Waals surface area contributed by atoms with Crippen molar-refractivity contribution in [3.63, 3.8) is 0 Å². The molecule has 2 heterocycles. The van der Waals surface area contributed by atoms with Crippen LogP contribution >= 0.6 is 0 Å². The van der Waals surface area contributed by atoms with Crippen LogP contribution in [-0.2, 0) is 6.54 Å². The van der Waals surface area contributed by atoms with Crippen LogP contribution in [0.3, 0.4) is 0 Å². The van der Waals surface area contributed by atoms with Crippen LogP contribution in [0, 0.1) is 12.8 Å². The molecule has 0 bridgehead atoms. The molecule has 0 spiro atoms. The average molecular weight is 251 g/mol. The molecule has 4 nitrogen and oxygen atoms in total. The van der Waals surface area contributed by atoms with Crippen molar-refractivity contribution in [3.05, 3.63) is 17.5 Å². The predicted octanol–water partition coefficient (Wildman–Crippen LogP) is 2.19. The summed E-state index contributed by atoms with van der Waals surface area (Å²) < 4.78 is 5.07. The largest absolute Gasteiger partial charge is 0.361 e. The highest BCUT2D eigenvalue weighted by molar-refractivity contribution is 5.03. The van der Waals surface area contributed by atoms with Gasteiger partial charge in [0.15, 0.2) is 0 Å². The van der Waals surface area contributed by atoms with Gasteiger partial charge in [-0.05, 0) is 38.8 Å². The van der Waals surface area contributed by atoms with Gasteiger partial charge in [-0.3, -0.25) is 0 Å². The van der Waals surface area contributed by atoms with Crippen molar-refractivity contribution in [1.29, 1.82) is 0 Å². The molecule has 0 atom stereocenters. The quantitative estimate of drug-likeness (QED) is 0.871. The summed E-state index contributed by atoms with van der Waals surface area (Å²) in [7, 11) is 0. The molecule has 18 heavy (non-hydrogen) atoms. The second-order valence-corrected chi connectivity index (χ2v) is 5.78. The van der Waals surface area contributed by atoms with Crippen LogP contribution in [0.1, 0.15) is 38.1 Å². The summed E-state index contributed by atoms with van der Waals surface area (Å²) in [6.45, 7) is 11.0. The number of rotatable bonds is 5. The average Bonchev–Trinajstić information content (AvgIpc) is 2.74. The molecule has 0 aliphatic carbocycles. The van der Waals surface area contributed by atoms with Gasteiger partial charge >= 0.3 is 0 Å². The molecule has 0 amide bonds. The third-order valence-electron chi connectivity index (χ3n) is 3.46. The fourth-order valence-corrected chi connectivity index (χ4v) is 2.59. The second kappa shape index (κ2) is 6.34. The number of nitrogens with one attached hydrogen (secondary N) is 1. The maximum Gasteiger partial charge on any atom is 0.133 e. The van der Waals surface area contributed by atoms with Crippen molar-refractivity contribution < 1.29 is 4.52 Å². The molecule has 1 saturated heterocycles. The zero-order valence-electron chi connectivity index (χ0n) is 11.8. The molecule has 1 aliphatic rings. The van der Waals surface area contributed by atoms with Crippen LogP contribution in [-0.4, -0.2) is 35.7 Å². The number of likely N-dealkylation sites (tertiary alicyclic amines) is 1. The van der Waals surface area contributed by atoms with E-state index >= 15 is 0 Å². The molecule has 102 valence electrons. The van der Waals surface area contributed by atoms with E-state index in [0.717, 1.165) is 23.9 Å². The Morgan fingerprint density at radius 2 is 2.17 bits per heavy atom. The lowest BCUT2D eigenvalue weighted by Crippen LogP contribution is -2.43. The third-order valence-corrected chi connectivity index (χ3v) is 3.46. The predicted molar refractivity (Wildman–Crippen MR) is 72.4 cm³/mol. The van der Waals surface area contributed by atoms with E-state index in [1.807, 2.05) is 13.0 Å². The van der Waals surface area contributed by atoms with Crippen LogP contribution in [0.5, 0.6) is 0 Å². The van der Waals surface area contributed by atoms with Gasteiger partial charge in [0, 0.05) is 25.2 Å². The Bertz CT molecular complexity index is 354. The summed E-state index contributed by atoms with van der Waals surface area (Å²) in [5, 5.41) is 7.58. The second-order valence-electron chi connectivity index (χ2n) is 5.78. The topological polar surface area (TPSA) is 41.3 Å². The van der Waals surface area contributed by atoms with Gasteiger partial charge in [0.05, 0.1) is 5.69 Å². The highest BCUT2D eigenvalue weighted by Gasteiger charge is 2.19. The standard InChI is InChI=1S/C14H25N3O/c1-11(2)10-17-6-4-13(5-7-17)15-9-14-8-12(3)18-16-14/h8,11,13,15H,4-7,9-10H2,1-3H3. The molecule has 1 aromatic rings. The van der Waals surface area contributed by atoms with Gasteiger partial charge in [-0.2, -0.15) is 0 Å². The first-order valence-corrected chi connectivity index (χ1v) is 7.01. The zero-order chi connectivity index (χ0) is 13.0. The third kappa shape index (κ3) is 4.10. The Morgan fingerprint density at radius 3 is 2.72 bits per heavy atom. The fourth-order valence-electron chi connectivity index (χ4n) is 2.59. The van der Waals surface area contributed by atoms with Crippen molar-refractivity contribution >= 4 is 0 Å². The maximum atomic E-state index is 5.07. The molecule has 0 saturated carbocycles. The van der Waals surface area contributed by atoms with Crippen LogP contribution < -0.4 is 5.32 Å². The summed E-state index contributed by atoms with van der Waals surface area (Å²) >= 11 is 0. The van der Waals surface area contributed by atoms with E-state index in [0.29, 0.717) is 6.04 Å². The summed E-state index contributed by atoms with van der Waals surface area (Å²) in [4.78, 5) is 2.57. The molecule has 0 radical (unpaired) electrons. The van der Waals surface area contributed by atoms with Crippen LogP contribution in [0.15, 0.2) is 10.6 Å². The first-order chi connectivity index (χ1) is 8.63. The van der Waals surface area contributed by atoms with Gasteiger partial charge in [-0.25, -0.2) is 0 Å². The van der Waals surface area contributed by atoms with E-state index < -0.39 is 0 Å². The lowest BCUT2D eigenvalue weighted by atomic mass is 10.0. The SMILES string of the molecule is Cc1cc(CNC2CCN(CC(C)C)CC2)no1. The summed E-state index contributed by atoms with van der Waals surface area (Å²) in [6.07, 6.45) is 2.48. The molecule has 1 aliphatic heterocycles. The van der Waals surface area contributed by atoms with Crippen LogP contribution in [0.4, 0.5) is 0 Å². The molecule has 0 unspecified atom stereocenters. The lowest BCUT2D eigenvalue weighted by Gasteiger charge is -2.33. The Labute approximate surface area is 110 Å². The van der Waals surface area contributed by atoms with Gasteiger partial charge in [0.1, 0.15) is 5.76 Å². The molecule has 0 aromatic carbocycles. The van der Waals surface area contributed by atoms with E-state index in [4.69, 9.17) is 4.52 Å². The molecule has 2 rings (SSSR count). The highest BCUT2D eigenvalue weighted by Crippen LogP contribution is 2.12. The van der Waals surface area contributed by atoms with E-state index in [1.165, 1.54) is 32.5 Å². The normalized spacial score (nSPS) is 18.7. The molecule has 1 fully saturated rings. The van der Waals surface area contributed by atoms with E-state index in [1.54, 1.807) is 0 Å². The van der Waals surface area contributed by atoms with Crippen molar-refractivity contribution in [2.24, 2.45) is 5.92 Å². The molecule has 1 N–H and O–H groups in total. The monoisotopic (exact) mass is 251 g/mol. The molecular weight excluding hydrogens is 226 g/mol. The Hall–Kier alpha value is -0.870. The van der Waals surface area contributed by atoms with Crippen LogP contribution in [0.25, 0.3) is 0 Å². The Kier molecular flexibility index (Phi) is 4.78. The summed E-state index contributed by atoms with van der Waals surface area (Å²) in [5.74, 6) is 1.66. The minimum absolute atomic E-state index is 0.630. The summed E-state index contributed by atoms with van der Waals surface area (Å²) in [6, 6.07) is 2.63. The zero-order valence-corrected chi connectivity index (χ0v) is 11.8. The smallest absolute Gasteiger partial charge is 0.133 e. The van der Waals surface area contributed by atoms with E-state index in [9.17, 15) is 0 Å². The van der Waals surface area contributed by atoms with Gasteiger partial charge in [-0.1, -0.05) is 19.0 Å². The van der Waals surface area contributed by atoms with Gasteiger partial charge in [0.2, 0.25) is 0 Å². The number of aromatic nitrogens is 1. The van der Waals surface area contributed by atoms with E-state index in [-0.39, 0.29) is 0 Å². The minimum atomic E-state index is 0.630. The maximum absolute atomic E-state index is 5.07. The summed E-state index contributed by atoms with van der Waals surface area (Å²) in [5.41, 5.74) is 1.01. The van der Waals surface area contributed by atoms with Gasteiger partial charge < -0.3 is 14.7 Å². The van der Waals surface area contributed by atoms with Gasteiger partial charge in [0.25, 0.3) is 0 Å². The van der Waals surface area contributed by atoms with Crippen molar-refractivity contribution in [2.75, 3.05) is 19.6 Å². The number of nitrogens with zero attached hydrogens (tertiary/aromatic N) is 2. The van der Waals surface area contributed by atoms with Gasteiger partial charge in [-0.15, -0.1) is 0 Å². The first kappa shape index (κ1) is 13.6. The number of hydrogen-bond acceptors (Lipinski definition) is 4. The minimum Gasteiger partial charge on any atom is -0.361 e. The lowest BCUT2D eigenvalue weighted by molar-refractivity contribution is 0.179. The molecular formula is C14H25N3O. The first-order valence-electron chi connectivity index (χ1n) is 7.01. The Balaban J connectivity index is 1.67. The fraction of sp³-hybridized carbons (Fsp3) is 0.786. The van der Waals surface area contributed by atoms with E-state index in [2.05, 4.69) is 29.2 Å². The van der Waals surface area contributed by atoms with Crippen molar-refractivity contribution in [3.8, 4) is 0 Å².